The van der Waals surface area contributed by atoms with Gasteiger partial charge < -0.3 is 0 Å². The number of aromatic nitrogens is 3. The van der Waals surface area contributed by atoms with Crippen molar-refractivity contribution >= 4 is 16.9 Å². The highest BCUT2D eigenvalue weighted by Crippen LogP contribution is 2.49. The Bertz CT molecular complexity index is 1140. The molecule has 1 saturated carbocycles. The van der Waals surface area contributed by atoms with Crippen LogP contribution in [0.3, 0.4) is 0 Å². The zero-order valence-electron chi connectivity index (χ0n) is 15.3. The second-order valence-electron chi connectivity index (χ2n) is 7.24. The first-order valence-electron chi connectivity index (χ1n) is 8.75. The number of pyridine rings is 1. The number of carbonyl (C=O) groups excluding carboxylic acids is 1. The van der Waals surface area contributed by atoms with Gasteiger partial charge in [0.2, 0.25) is 0 Å². The lowest BCUT2D eigenvalue weighted by atomic mass is 10.00. The summed E-state index contributed by atoms with van der Waals surface area (Å²) in [5.41, 5.74) is 3.59. The monoisotopic (exact) mass is 371 g/mol. The molecule has 1 aliphatic rings. The molecule has 3 aromatic rings. The summed E-state index contributed by atoms with van der Waals surface area (Å²) >= 11 is 0. The molecular formula is C20H19F2N3O2. The Labute approximate surface area is 154 Å². The maximum absolute atomic E-state index is 13.3. The van der Waals surface area contributed by atoms with Gasteiger partial charge in [0.15, 0.2) is 11.4 Å². The van der Waals surface area contributed by atoms with Crippen LogP contribution in [0.15, 0.2) is 35.1 Å². The first-order valence-corrected chi connectivity index (χ1v) is 8.75. The number of alkyl halides is 2. The predicted molar refractivity (Wildman–Crippen MR) is 98.2 cm³/mol. The number of imidazole rings is 1. The van der Waals surface area contributed by atoms with E-state index in [-0.39, 0.29) is 24.4 Å². The molecule has 1 fully saturated rings. The molecule has 1 unspecified atom stereocenters. The number of ketones is 1. The minimum absolute atomic E-state index is 0.0109. The summed E-state index contributed by atoms with van der Waals surface area (Å²) < 4.78 is 29.3. The molecule has 0 aliphatic heterocycles. The van der Waals surface area contributed by atoms with E-state index in [4.69, 9.17) is 0 Å². The number of benzene rings is 1. The van der Waals surface area contributed by atoms with Crippen molar-refractivity contribution in [2.75, 3.05) is 0 Å². The van der Waals surface area contributed by atoms with Gasteiger partial charge in [-0.15, -0.1) is 0 Å². The first kappa shape index (κ1) is 17.6. The Morgan fingerprint density at radius 3 is 2.63 bits per heavy atom. The lowest BCUT2D eigenvalue weighted by molar-refractivity contribution is 0.0950. The van der Waals surface area contributed by atoms with E-state index < -0.39 is 11.8 Å². The fraction of sp³-hybridized carbons (Fsp3) is 0.350. The number of carbonyl (C=O) groups is 1. The normalized spacial score (nSPS) is 18.0. The van der Waals surface area contributed by atoms with E-state index in [0.29, 0.717) is 22.4 Å². The maximum Gasteiger partial charge on any atom is 0.330 e. The van der Waals surface area contributed by atoms with Crippen molar-refractivity contribution in [2.45, 2.75) is 32.7 Å². The molecular weight excluding hydrogens is 352 g/mol. The van der Waals surface area contributed by atoms with E-state index in [1.807, 2.05) is 13.0 Å². The number of aryl methyl sites for hydroxylation is 2. The Morgan fingerprint density at radius 1 is 1.30 bits per heavy atom. The van der Waals surface area contributed by atoms with Gasteiger partial charge in [-0.1, -0.05) is 12.1 Å². The van der Waals surface area contributed by atoms with E-state index >= 15 is 0 Å². The number of nitrogens with zero attached hydrogens (tertiary/aromatic N) is 3. The molecule has 2 heterocycles. The fourth-order valence-electron chi connectivity index (χ4n) is 3.40. The van der Waals surface area contributed by atoms with Crippen LogP contribution in [0.2, 0.25) is 0 Å². The third-order valence-electron chi connectivity index (χ3n) is 5.26. The average Bonchev–Trinajstić information content (AvgIpc) is 3.16. The average molecular weight is 371 g/mol. The molecule has 1 aromatic carbocycles. The molecule has 2 aromatic heterocycles. The van der Waals surface area contributed by atoms with Crippen LogP contribution in [0.4, 0.5) is 8.78 Å². The summed E-state index contributed by atoms with van der Waals surface area (Å²) in [6.45, 7) is 3.41. The first-order chi connectivity index (χ1) is 12.7. The number of hydrogen-bond donors (Lipinski definition) is 0. The van der Waals surface area contributed by atoms with Crippen LogP contribution in [0.1, 0.15) is 29.3 Å². The van der Waals surface area contributed by atoms with Gasteiger partial charge >= 0.3 is 5.69 Å². The van der Waals surface area contributed by atoms with E-state index in [9.17, 15) is 18.4 Å². The fourth-order valence-corrected chi connectivity index (χ4v) is 3.40. The number of fused-ring (bicyclic) bond motifs is 1. The second-order valence-corrected chi connectivity index (χ2v) is 7.24. The molecule has 0 saturated heterocycles. The van der Waals surface area contributed by atoms with Gasteiger partial charge in [-0.25, -0.2) is 18.6 Å². The highest BCUT2D eigenvalue weighted by Gasteiger charge is 2.57. The van der Waals surface area contributed by atoms with Crippen molar-refractivity contribution in [3.05, 3.63) is 51.9 Å². The largest absolute Gasteiger partial charge is 0.330 e. The Kier molecular flexibility index (Phi) is 3.80. The van der Waals surface area contributed by atoms with Crippen LogP contribution in [-0.4, -0.2) is 25.8 Å². The molecule has 0 bridgehead atoms. The van der Waals surface area contributed by atoms with E-state index in [2.05, 4.69) is 4.98 Å². The molecule has 7 heteroatoms. The quantitative estimate of drug-likeness (QED) is 0.659. The topological polar surface area (TPSA) is 56.9 Å². The minimum Gasteiger partial charge on any atom is -0.295 e. The molecule has 1 aliphatic carbocycles. The van der Waals surface area contributed by atoms with Gasteiger partial charge in [0, 0.05) is 37.1 Å². The molecule has 4 rings (SSSR count). The summed E-state index contributed by atoms with van der Waals surface area (Å²) in [7, 11) is 1.59. The van der Waals surface area contributed by atoms with E-state index in [1.54, 1.807) is 31.3 Å². The van der Waals surface area contributed by atoms with Crippen LogP contribution in [-0.2, 0) is 13.6 Å². The van der Waals surface area contributed by atoms with Crippen LogP contribution < -0.4 is 5.69 Å². The highest BCUT2D eigenvalue weighted by atomic mass is 19.3. The number of Topliss-reactive ketones (excluding diaryl/α,β-unsaturated/α-hetero) is 1. The van der Waals surface area contributed by atoms with Crippen LogP contribution in [0.25, 0.3) is 22.4 Å². The van der Waals surface area contributed by atoms with Crippen LogP contribution in [0, 0.1) is 12.8 Å². The van der Waals surface area contributed by atoms with Crippen molar-refractivity contribution in [3.8, 4) is 11.3 Å². The summed E-state index contributed by atoms with van der Waals surface area (Å²) in [5.74, 6) is -3.52. The van der Waals surface area contributed by atoms with Crippen LogP contribution >= 0.6 is 0 Å². The molecule has 27 heavy (non-hydrogen) atoms. The Hall–Kier alpha value is -2.83. The third kappa shape index (κ3) is 2.87. The zero-order valence-corrected chi connectivity index (χ0v) is 15.3. The predicted octanol–water partition coefficient (Wildman–Crippen LogP) is 3.57. The SMILES string of the molecule is CC(=O)c1ccc(C)c(-c2ccc3c(n2)n(C)c(=O)n3CC2CC2(F)F)c1. The summed E-state index contributed by atoms with van der Waals surface area (Å²) in [6.07, 6.45) is -0.182. The van der Waals surface area contributed by atoms with Crippen molar-refractivity contribution in [1.82, 2.24) is 14.1 Å². The Balaban J connectivity index is 1.82. The van der Waals surface area contributed by atoms with Gasteiger partial charge in [-0.3, -0.25) is 13.9 Å². The standard InChI is InChI=1S/C20H19F2N3O2/c1-11-4-5-13(12(2)26)8-15(11)16-6-7-17-18(23-16)24(3)19(27)25(17)10-14-9-20(14,21)22/h4-8,14H,9-10H2,1-3H3. The Morgan fingerprint density at radius 2 is 2.00 bits per heavy atom. The van der Waals surface area contributed by atoms with Crippen molar-refractivity contribution in [3.63, 3.8) is 0 Å². The molecule has 0 amide bonds. The van der Waals surface area contributed by atoms with Crippen molar-refractivity contribution in [1.29, 1.82) is 0 Å². The maximum atomic E-state index is 13.3. The van der Waals surface area contributed by atoms with Crippen molar-refractivity contribution in [2.24, 2.45) is 13.0 Å². The number of rotatable bonds is 4. The minimum atomic E-state index is -2.68. The number of hydrogen-bond acceptors (Lipinski definition) is 3. The van der Waals surface area contributed by atoms with Gasteiger partial charge in [0.25, 0.3) is 5.92 Å². The van der Waals surface area contributed by atoms with E-state index in [0.717, 1.165) is 11.1 Å². The third-order valence-corrected chi connectivity index (χ3v) is 5.26. The zero-order chi connectivity index (χ0) is 19.5. The summed E-state index contributed by atoms with van der Waals surface area (Å²) in [5, 5.41) is 0. The van der Waals surface area contributed by atoms with Gasteiger partial charge in [-0.05, 0) is 37.6 Å². The molecule has 0 radical (unpaired) electrons. The number of halogens is 2. The molecule has 0 spiro atoms. The molecule has 140 valence electrons. The smallest absolute Gasteiger partial charge is 0.295 e. The highest BCUT2D eigenvalue weighted by molar-refractivity contribution is 5.95. The van der Waals surface area contributed by atoms with Crippen LogP contribution in [0.5, 0.6) is 0 Å². The van der Waals surface area contributed by atoms with E-state index in [1.165, 1.54) is 16.1 Å². The van der Waals surface area contributed by atoms with Gasteiger partial charge in [0.05, 0.1) is 11.2 Å². The second kappa shape index (κ2) is 5.84. The lowest BCUT2D eigenvalue weighted by Gasteiger charge is -2.08. The van der Waals surface area contributed by atoms with Crippen molar-refractivity contribution < 1.29 is 13.6 Å². The lowest BCUT2D eigenvalue weighted by Crippen LogP contribution is -2.23. The van der Waals surface area contributed by atoms with Gasteiger partial charge in [0.1, 0.15) is 0 Å². The summed E-state index contributed by atoms with van der Waals surface area (Å²) in [4.78, 5) is 28.8. The molecule has 1 atom stereocenters. The summed E-state index contributed by atoms with van der Waals surface area (Å²) in [6, 6.07) is 8.90. The van der Waals surface area contributed by atoms with Gasteiger partial charge in [-0.2, -0.15) is 0 Å². The molecule has 5 nitrogen and oxygen atoms in total. The molecule has 0 N–H and O–H groups in total.